The van der Waals surface area contributed by atoms with E-state index in [9.17, 15) is 0 Å². The second kappa shape index (κ2) is 7.63. The van der Waals surface area contributed by atoms with Gasteiger partial charge in [-0.15, -0.1) is 0 Å². The minimum atomic E-state index is 0.103. The van der Waals surface area contributed by atoms with E-state index in [0.29, 0.717) is 6.10 Å². The molecule has 1 aromatic rings. The standard InChI is InChI=1S/C16H26N2O/c1-2-11-19-15-9-6-10-18(12-15)13-16(17)14-7-4-3-5-8-14/h3-5,7-8,15-16H,2,6,9-13,17H2,1H3. The van der Waals surface area contributed by atoms with Gasteiger partial charge in [0, 0.05) is 25.7 Å². The second-order valence-electron chi connectivity index (χ2n) is 5.41. The zero-order valence-corrected chi connectivity index (χ0v) is 11.9. The molecule has 1 aromatic carbocycles. The number of hydrogen-bond acceptors (Lipinski definition) is 3. The van der Waals surface area contributed by atoms with Crippen molar-refractivity contribution in [1.29, 1.82) is 0 Å². The molecule has 0 bridgehead atoms. The first-order valence-electron chi connectivity index (χ1n) is 7.44. The molecule has 3 heteroatoms. The van der Waals surface area contributed by atoms with Gasteiger partial charge in [-0.1, -0.05) is 37.3 Å². The van der Waals surface area contributed by atoms with Gasteiger partial charge in [0.25, 0.3) is 0 Å². The number of hydrogen-bond donors (Lipinski definition) is 1. The second-order valence-corrected chi connectivity index (χ2v) is 5.41. The Balaban J connectivity index is 1.81. The fourth-order valence-electron chi connectivity index (χ4n) is 2.68. The average Bonchev–Trinajstić information content (AvgIpc) is 2.46. The molecule has 1 aliphatic rings. The smallest absolute Gasteiger partial charge is 0.0702 e. The molecule has 2 rings (SSSR count). The van der Waals surface area contributed by atoms with Crippen LogP contribution < -0.4 is 5.73 Å². The molecule has 0 spiro atoms. The SMILES string of the molecule is CCCOC1CCCN(CC(N)c2ccccc2)C1. The zero-order chi connectivity index (χ0) is 13.5. The highest BCUT2D eigenvalue weighted by atomic mass is 16.5. The Labute approximate surface area is 116 Å². The molecule has 2 atom stereocenters. The number of rotatable bonds is 6. The number of nitrogens with zero attached hydrogens (tertiary/aromatic N) is 1. The van der Waals surface area contributed by atoms with Crippen LogP contribution in [-0.4, -0.2) is 37.2 Å². The molecule has 2 unspecified atom stereocenters. The Hall–Kier alpha value is -0.900. The van der Waals surface area contributed by atoms with Crippen LogP contribution in [0.1, 0.15) is 37.8 Å². The number of ether oxygens (including phenoxy) is 1. The van der Waals surface area contributed by atoms with E-state index < -0.39 is 0 Å². The van der Waals surface area contributed by atoms with Crippen LogP contribution >= 0.6 is 0 Å². The summed E-state index contributed by atoms with van der Waals surface area (Å²) in [6.45, 7) is 6.14. The summed E-state index contributed by atoms with van der Waals surface area (Å²) >= 11 is 0. The van der Waals surface area contributed by atoms with Crippen molar-refractivity contribution in [3.05, 3.63) is 35.9 Å². The first-order chi connectivity index (χ1) is 9.29. The van der Waals surface area contributed by atoms with E-state index in [1.807, 2.05) is 6.07 Å². The van der Waals surface area contributed by atoms with Crippen molar-refractivity contribution >= 4 is 0 Å². The van der Waals surface area contributed by atoms with E-state index in [1.165, 1.54) is 18.4 Å². The summed E-state index contributed by atoms with van der Waals surface area (Å²) in [5.74, 6) is 0. The molecule has 0 aromatic heterocycles. The minimum absolute atomic E-state index is 0.103. The highest BCUT2D eigenvalue weighted by molar-refractivity contribution is 5.18. The van der Waals surface area contributed by atoms with E-state index in [1.54, 1.807) is 0 Å². The lowest BCUT2D eigenvalue weighted by Crippen LogP contribution is -2.43. The summed E-state index contributed by atoms with van der Waals surface area (Å²) in [4.78, 5) is 2.45. The van der Waals surface area contributed by atoms with Crippen molar-refractivity contribution in [3.8, 4) is 0 Å². The third kappa shape index (κ3) is 4.60. The van der Waals surface area contributed by atoms with E-state index in [-0.39, 0.29) is 6.04 Å². The summed E-state index contributed by atoms with van der Waals surface area (Å²) in [6.07, 6.45) is 3.91. The van der Waals surface area contributed by atoms with Gasteiger partial charge in [-0.25, -0.2) is 0 Å². The lowest BCUT2D eigenvalue weighted by molar-refractivity contribution is -0.00138. The highest BCUT2D eigenvalue weighted by Crippen LogP contribution is 2.17. The van der Waals surface area contributed by atoms with Crippen molar-refractivity contribution in [2.45, 2.75) is 38.3 Å². The lowest BCUT2D eigenvalue weighted by Gasteiger charge is -2.34. The van der Waals surface area contributed by atoms with Crippen molar-refractivity contribution < 1.29 is 4.74 Å². The number of benzene rings is 1. The fourth-order valence-corrected chi connectivity index (χ4v) is 2.68. The molecule has 3 nitrogen and oxygen atoms in total. The Morgan fingerprint density at radius 1 is 1.37 bits per heavy atom. The van der Waals surface area contributed by atoms with Crippen molar-refractivity contribution in [3.63, 3.8) is 0 Å². The van der Waals surface area contributed by atoms with Gasteiger partial charge in [0.15, 0.2) is 0 Å². The quantitative estimate of drug-likeness (QED) is 0.856. The van der Waals surface area contributed by atoms with Gasteiger partial charge in [0.2, 0.25) is 0 Å². The topological polar surface area (TPSA) is 38.5 Å². The maximum Gasteiger partial charge on any atom is 0.0702 e. The largest absolute Gasteiger partial charge is 0.377 e. The van der Waals surface area contributed by atoms with Gasteiger partial charge in [0.05, 0.1) is 6.10 Å². The van der Waals surface area contributed by atoms with Crippen molar-refractivity contribution in [2.75, 3.05) is 26.2 Å². The first kappa shape index (κ1) is 14.5. The summed E-state index contributed by atoms with van der Waals surface area (Å²) in [5.41, 5.74) is 7.51. The maximum atomic E-state index is 6.29. The minimum Gasteiger partial charge on any atom is -0.377 e. The molecule has 1 saturated heterocycles. The molecule has 0 radical (unpaired) electrons. The molecule has 1 fully saturated rings. The van der Waals surface area contributed by atoms with Crippen molar-refractivity contribution in [2.24, 2.45) is 5.73 Å². The van der Waals surface area contributed by atoms with Crippen LogP contribution in [0.25, 0.3) is 0 Å². The summed E-state index contributed by atoms with van der Waals surface area (Å²) in [6, 6.07) is 10.5. The monoisotopic (exact) mass is 262 g/mol. The van der Waals surface area contributed by atoms with Crippen LogP contribution in [-0.2, 0) is 4.74 Å². The van der Waals surface area contributed by atoms with Gasteiger partial charge in [-0.05, 0) is 31.4 Å². The summed E-state index contributed by atoms with van der Waals surface area (Å²) in [5, 5.41) is 0. The van der Waals surface area contributed by atoms with Gasteiger partial charge in [-0.2, -0.15) is 0 Å². The molecular formula is C16H26N2O. The number of likely N-dealkylation sites (tertiary alicyclic amines) is 1. The molecule has 19 heavy (non-hydrogen) atoms. The van der Waals surface area contributed by atoms with Gasteiger partial charge in [0.1, 0.15) is 0 Å². The normalized spacial score (nSPS) is 22.3. The molecule has 2 N–H and O–H groups in total. The Kier molecular flexibility index (Phi) is 5.83. The zero-order valence-electron chi connectivity index (χ0n) is 11.9. The van der Waals surface area contributed by atoms with E-state index in [2.05, 4.69) is 36.1 Å². The van der Waals surface area contributed by atoms with Crippen LogP contribution in [0.3, 0.4) is 0 Å². The van der Waals surface area contributed by atoms with Crippen LogP contribution in [0.4, 0.5) is 0 Å². The van der Waals surface area contributed by atoms with Crippen LogP contribution in [0.5, 0.6) is 0 Å². The lowest BCUT2D eigenvalue weighted by atomic mass is 10.0. The molecular weight excluding hydrogens is 236 g/mol. The summed E-state index contributed by atoms with van der Waals surface area (Å²) in [7, 11) is 0. The maximum absolute atomic E-state index is 6.29. The predicted molar refractivity (Wildman–Crippen MR) is 79.1 cm³/mol. The third-order valence-electron chi connectivity index (χ3n) is 3.70. The molecule has 0 saturated carbocycles. The molecule has 1 heterocycles. The fraction of sp³-hybridized carbons (Fsp3) is 0.625. The van der Waals surface area contributed by atoms with Crippen LogP contribution in [0.15, 0.2) is 30.3 Å². The number of piperidine rings is 1. The highest BCUT2D eigenvalue weighted by Gasteiger charge is 2.21. The molecule has 0 aliphatic carbocycles. The van der Waals surface area contributed by atoms with Crippen LogP contribution in [0, 0.1) is 0 Å². The summed E-state index contributed by atoms with van der Waals surface area (Å²) < 4.78 is 5.87. The Bertz CT molecular complexity index is 355. The average molecular weight is 262 g/mol. The van der Waals surface area contributed by atoms with Gasteiger partial charge >= 0.3 is 0 Å². The van der Waals surface area contributed by atoms with Gasteiger partial charge in [-0.3, -0.25) is 4.90 Å². The van der Waals surface area contributed by atoms with E-state index in [4.69, 9.17) is 10.5 Å². The van der Waals surface area contributed by atoms with Crippen LogP contribution in [0.2, 0.25) is 0 Å². The Morgan fingerprint density at radius 3 is 2.89 bits per heavy atom. The van der Waals surface area contributed by atoms with Gasteiger partial charge < -0.3 is 10.5 Å². The molecule has 1 aliphatic heterocycles. The predicted octanol–water partition coefficient (Wildman–Crippen LogP) is 2.58. The first-order valence-corrected chi connectivity index (χ1v) is 7.44. The molecule has 0 amide bonds. The third-order valence-corrected chi connectivity index (χ3v) is 3.70. The van der Waals surface area contributed by atoms with E-state index in [0.717, 1.165) is 32.7 Å². The Morgan fingerprint density at radius 2 is 2.16 bits per heavy atom. The van der Waals surface area contributed by atoms with Crippen molar-refractivity contribution in [1.82, 2.24) is 4.90 Å². The molecule has 106 valence electrons. The number of nitrogens with two attached hydrogens (primary N) is 1. The van der Waals surface area contributed by atoms with E-state index >= 15 is 0 Å².